The van der Waals surface area contributed by atoms with Crippen LogP contribution in [0.3, 0.4) is 0 Å². The average molecular weight is 241 g/mol. The van der Waals surface area contributed by atoms with Crippen molar-refractivity contribution in [2.24, 2.45) is 0 Å². The van der Waals surface area contributed by atoms with Crippen molar-refractivity contribution in [3.05, 3.63) is 17.7 Å². The number of Topliss-reactive ketones (excluding diaryl/α,β-unsaturated/α-hetero) is 1. The van der Waals surface area contributed by atoms with E-state index in [-0.39, 0.29) is 29.2 Å². The van der Waals surface area contributed by atoms with Crippen LogP contribution in [0.1, 0.15) is 10.4 Å². The van der Waals surface area contributed by atoms with E-state index in [0.717, 1.165) is 0 Å². The van der Waals surface area contributed by atoms with E-state index >= 15 is 0 Å². The van der Waals surface area contributed by atoms with Crippen LogP contribution in [0.15, 0.2) is 12.1 Å². The van der Waals surface area contributed by atoms with Gasteiger partial charge < -0.3 is 21.9 Å². The summed E-state index contributed by atoms with van der Waals surface area (Å²) in [5, 5.41) is 0. The summed E-state index contributed by atoms with van der Waals surface area (Å²) in [5.74, 6) is -0.394. The summed E-state index contributed by atoms with van der Waals surface area (Å²) in [6, 6.07) is 2.79. The van der Waals surface area contributed by atoms with Gasteiger partial charge in [0, 0.05) is 5.56 Å². The van der Waals surface area contributed by atoms with E-state index < -0.39 is 11.5 Å². The Hall–Kier alpha value is -1.81. The summed E-state index contributed by atoms with van der Waals surface area (Å²) >= 11 is 0. The molecule has 0 fully saturated rings. The zero-order chi connectivity index (χ0) is 12.3. The summed E-state index contributed by atoms with van der Waals surface area (Å²) < 4.78 is 4.53. The molecule has 0 aliphatic carbocycles. The summed E-state index contributed by atoms with van der Waals surface area (Å²) in [6.45, 7) is -0.356. The Morgan fingerprint density at radius 2 is 1.69 bits per heavy atom. The molecule has 6 nitrogen and oxygen atoms in total. The maximum Gasteiger partial charge on any atom is 0.320 e. The number of ketones is 1. The van der Waals surface area contributed by atoms with E-state index in [1.54, 1.807) is 9.24 Å². The molecule has 0 spiro atoms. The van der Waals surface area contributed by atoms with E-state index in [0.29, 0.717) is 0 Å². The third-order valence-corrected chi connectivity index (χ3v) is 2.08. The number of nitrogen functional groups attached to an aromatic ring is 3. The lowest BCUT2D eigenvalue weighted by molar-refractivity contribution is 0.0877. The van der Waals surface area contributed by atoms with E-state index in [4.69, 9.17) is 17.2 Å². The van der Waals surface area contributed by atoms with Crippen LogP contribution in [0.2, 0.25) is 0 Å². The monoisotopic (exact) mass is 241 g/mol. The second-order valence-corrected chi connectivity index (χ2v) is 3.57. The standard InChI is InChI=1S/C9H12N3O3P/c10-5-1-4(2-6(11)8(5)12)7(13)3-15-9(14)16/h1-2H,3,10-12,16H2. The van der Waals surface area contributed by atoms with Crippen molar-refractivity contribution in [2.45, 2.75) is 0 Å². The number of hydrogen-bond acceptors (Lipinski definition) is 6. The van der Waals surface area contributed by atoms with Gasteiger partial charge in [-0.25, -0.2) is 4.79 Å². The van der Waals surface area contributed by atoms with Crippen molar-refractivity contribution >= 4 is 37.8 Å². The molecule has 1 unspecified atom stereocenters. The fourth-order valence-electron chi connectivity index (χ4n) is 1.08. The lowest BCUT2D eigenvalue weighted by Gasteiger charge is -2.07. The Labute approximate surface area is 94.3 Å². The number of ether oxygens (including phenoxy) is 1. The molecule has 86 valence electrons. The molecule has 0 bridgehead atoms. The largest absolute Gasteiger partial charge is 0.455 e. The van der Waals surface area contributed by atoms with Gasteiger partial charge in [0.15, 0.2) is 12.4 Å². The quantitative estimate of drug-likeness (QED) is 0.405. The molecule has 1 rings (SSSR count). The van der Waals surface area contributed by atoms with Gasteiger partial charge in [0.2, 0.25) is 0 Å². The van der Waals surface area contributed by atoms with Crippen LogP contribution < -0.4 is 17.2 Å². The highest BCUT2D eigenvalue weighted by Gasteiger charge is 2.11. The summed E-state index contributed by atoms with van der Waals surface area (Å²) in [7, 11) is 1.80. The molecule has 0 aliphatic heterocycles. The van der Waals surface area contributed by atoms with Crippen LogP contribution in [0.5, 0.6) is 0 Å². The van der Waals surface area contributed by atoms with Crippen molar-refractivity contribution in [3.8, 4) is 0 Å². The lowest BCUT2D eigenvalue weighted by Crippen LogP contribution is -2.12. The van der Waals surface area contributed by atoms with Crippen molar-refractivity contribution < 1.29 is 14.3 Å². The van der Waals surface area contributed by atoms with Gasteiger partial charge in [0.05, 0.1) is 17.1 Å². The zero-order valence-corrected chi connectivity index (χ0v) is 9.55. The van der Waals surface area contributed by atoms with Gasteiger partial charge in [-0.05, 0) is 21.4 Å². The predicted molar refractivity (Wildman–Crippen MR) is 65.1 cm³/mol. The molecule has 1 atom stereocenters. The molecule has 7 heteroatoms. The van der Waals surface area contributed by atoms with Gasteiger partial charge in [0.25, 0.3) is 0 Å². The molecular formula is C9H12N3O3P. The summed E-state index contributed by atoms with van der Waals surface area (Å²) in [5.41, 5.74) is 16.9. The SMILES string of the molecule is Nc1cc(C(=O)COC(=O)P)cc(N)c1N. The number of nitrogens with two attached hydrogens (primary N) is 3. The molecule has 0 saturated heterocycles. The first-order valence-electron chi connectivity index (χ1n) is 4.31. The normalized spacial score (nSPS) is 9.81. The summed E-state index contributed by atoms with van der Waals surface area (Å²) in [6.07, 6.45) is 0. The van der Waals surface area contributed by atoms with Gasteiger partial charge in [-0.1, -0.05) is 0 Å². The number of carbonyl (C=O) groups is 2. The van der Waals surface area contributed by atoms with Crippen LogP contribution in [-0.4, -0.2) is 18.1 Å². The van der Waals surface area contributed by atoms with Crippen LogP contribution in [0.4, 0.5) is 21.9 Å². The highest BCUT2D eigenvalue weighted by atomic mass is 31.0. The average Bonchev–Trinajstić information content (AvgIpc) is 2.21. The second-order valence-electron chi connectivity index (χ2n) is 3.10. The minimum atomic E-state index is -0.607. The molecule has 1 aromatic rings. The molecule has 0 saturated carbocycles. The highest BCUT2D eigenvalue weighted by Crippen LogP contribution is 2.24. The van der Waals surface area contributed by atoms with Crippen LogP contribution in [-0.2, 0) is 4.74 Å². The molecule has 0 radical (unpaired) electrons. The highest BCUT2D eigenvalue weighted by molar-refractivity contribution is 7.39. The van der Waals surface area contributed by atoms with Gasteiger partial charge in [-0.2, -0.15) is 0 Å². The van der Waals surface area contributed by atoms with Gasteiger partial charge in [-0.15, -0.1) is 0 Å². The minimum Gasteiger partial charge on any atom is -0.455 e. The van der Waals surface area contributed by atoms with Gasteiger partial charge in [0.1, 0.15) is 0 Å². The molecule has 6 N–H and O–H groups in total. The van der Waals surface area contributed by atoms with Gasteiger partial charge in [-0.3, -0.25) is 4.79 Å². The Kier molecular flexibility index (Phi) is 3.68. The third kappa shape index (κ3) is 2.84. The van der Waals surface area contributed by atoms with Gasteiger partial charge >= 0.3 is 5.71 Å². The fourth-order valence-corrected chi connectivity index (χ4v) is 1.16. The second kappa shape index (κ2) is 4.81. The first kappa shape index (κ1) is 12.3. The van der Waals surface area contributed by atoms with Crippen molar-refractivity contribution in [3.63, 3.8) is 0 Å². The van der Waals surface area contributed by atoms with Crippen LogP contribution >= 0.6 is 9.24 Å². The maximum absolute atomic E-state index is 11.5. The molecule has 0 aliphatic rings. The molecule has 0 heterocycles. The zero-order valence-electron chi connectivity index (χ0n) is 8.40. The topological polar surface area (TPSA) is 121 Å². The molecule has 0 amide bonds. The first-order valence-corrected chi connectivity index (χ1v) is 4.89. The Morgan fingerprint density at radius 1 is 1.19 bits per heavy atom. The number of anilines is 3. The van der Waals surface area contributed by atoms with E-state index in [1.807, 2.05) is 0 Å². The molecular weight excluding hydrogens is 229 g/mol. The maximum atomic E-state index is 11.5. The Bertz CT molecular complexity index is 425. The fraction of sp³-hybridized carbons (Fsp3) is 0.111. The first-order chi connectivity index (χ1) is 7.41. The molecule has 1 aromatic carbocycles. The predicted octanol–water partition coefficient (Wildman–Crippen LogP) is 0.628. The van der Waals surface area contributed by atoms with E-state index in [9.17, 15) is 9.59 Å². The number of hydrogen-bond donors (Lipinski definition) is 3. The number of carbonyl (C=O) groups excluding carboxylic acids is 2. The van der Waals surface area contributed by atoms with Crippen LogP contribution in [0.25, 0.3) is 0 Å². The Morgan fingerprint density at radius 3 is 2.12 bits per heavy atom. The van der Waals surface area contributed by atoms with Crippen LogP contribution in [0, 0.1) is 0 Å². The molecule has 0 aromatic heterocycles. The van der Waals surface area contributed by atoms with Crippen molar-refractivity contribution in [2.75, 3.05) is 23.8 Å². The van der Waals surface area contributed by atoms with E-state index in [1.165, 1.54) is 12.1 Å². The Balaban J connectivity index is 2.88. The summed E-state index contributed by atoms with van der Waals surface area (Å²) in [4.78, 5) is 22.0. The number of benzene rings is 1. The third-order valence-electron chi connectivity index (χ3n) is 1.91. The van der Waals surface area contributed by atoms with Crippen molar-refractivity contribution in [1.82, 2.24) is 0 Å². The lowest BCUT2D eigenvalue weighted by atomic mass is 10.1. The van der Waals surface area contributed by atoms with E-state index in [2.05, 4.69) is 4.74 Å². The van der Waals surface area contributed by atoms with Crippen molar-refractivity contribution in [1.29, 1.82) is 0 Å². The number of rotatable bonds is 3. The minimum absolute atomic E-state index is 0.223. The molecule has 16 heavy (non-hydrogen) atoms. The smallest absolute Gasteiger partial charge is 0.320 e.